The lowest BCUT2D eigenvalue weighted by atomic mass is 9.72. The van der Waals surface area contributed by atoms with E-state index in [1.807, 2.05) is 72.8 Å². The van der Waals surface area contributed by atoms with Crippen molar-refractivity contribution < 1.29 is 9.59 Å². The van der Waals surface area contributed by atoms with Gasteiger partial charge >= 0.3 is 0 Å². The van der Waals surface area contributed by atoms with Gasteiger partial charge in [0.1, 0.15) is 0 Å². The summed E-state index contributed by atoms with van der Waals surface area (Å²) in [6, 6.07) is 24.3. The first-order valence-electron chi connectivity index (χ1n) is 18.6. The fourth-order valence-electron chi connectivity index (χ4n) is 6.40. The van der Waals surface area contributed by atoms with Crippen molar-refractivity contribution in [1.29, 1.82) is 0 Å². The van der Waals surface area contributed by atoms with E-state index in [1.165, 1.54) is 0 Å². The number of allylic oxidation sites excluding steroid dienone is 10. The first-order valence-corrected chi connectivity index (χ1v) is 18.6. The van der Waals surface area contributed by atoms with E-state index < -0.39 is 0 Å². The molecular formula is C48H54N4O2. The maximum absolute atomic E-state index is 13.5. The molecule has 0 aliphatic heterocycles. The number of azo groups is 2. The van der Waals surface area contributed by atoms with Crippen LogP contribution in [0.2, 0.25) is 0 Å². The molecule has 0 unspecified atom stereocenters. The highest BCUT2D eigenvalue weighted by atomic mass is 16.1. The molecule has 0 spiro atoms. The first kappa shape index (κ1) is 39.8. The molecule has 0 N–H and O–H groups in total. The molecular weight excluding hydrogens is 665 g/mol. The minimum absolute atomic E-state index is 0.0845. The van der Waals surface area contributed by atoms with Gasteiger partial charge in [0.05, 0.1) is 23.8 Å². The number of hydrogen-bond donors (Lipinski definition) is 0. The standard InChI is InChI=1S/C48H54N4O2/c1-45(2,3)38-23-31(24-39(43(38)53)46(4,5)6)29-49-51-36-20-16-19-35(27-36)37-22-21-34(33-17-14-13-15-18-33)28-42(37)52-50-30-32-25-40(47(7,8)9)44(54)41(26-32)48(10,11)12/h13-30H,1-12H3. The SMILES string of the molecule is CC(C)(C)C1=CC(=CN=Nc2cccc(-c3ccc(-c4ccccc4)cc3N=NC=C3C=C(C(C)(C)C)C(=O)C(C(C)(C)C)=C3)c2)C=C(C(C)(C)C)C1=O. The third kappa shape index (κ3) is 9.40. The van der Waals surface area contributed by atoms with Crippen molar-refractivity contribution in [3.8, 4) is 22.3 Å². The van der Waals surface area contributed by atoms with Gasteiger partial charge in [0, 0.05) is 27.9 Å². The molecule has 0 atom stereocenters. The summed E-state index contributed by atoms with van der Waals surface area (Å²) in [4.78, 5) is 26.8. The molecule has 6 nitrogen and oxygen atoms in total. The molecule has 0 amide bonds. The van der Waals surface area contributed by atoms with Gasteiger partial charge in [-0.25, -0.2) is 0 Å². The third-order valence-electron chi connectivity index (χ3n) is 9.47. The fraction of sp³-hybridized carbons (Fsp3) is 0.333. The van der Waals surface area contributed by atoms with Crippen LogP contribution in [0.15, 0.2) is 163 Å². The van der Waals surface area contributed by atoms with Gasteiger partial charge in [0.2, 0.25) is 0 Å². The molecule has 0 saturated carbocycles. The Balaban J connectivity index is 1.54. The van der Waals surface area contributed by atoms with Gasteiger partial charge in [0.25, 0.3) is 0 Å². The molecule has 2 aliphatic rings. The summed E-state index contributed by atoms with van der Waals surface area (Å²) in [7, 11) is 0. The van der Waals surface area contributed by atoms with E-state index in [0.29, 0.717) is 11.4 Å². The number of ketones is 2. The van der Waals surface area contributed by atoms with Gasteiger partial charge in [-0.2, -0.15) is 20.5 Å². The lowest BCUT2D eigenvalue weighted by Crippen LogP contribution is -2.27. The predicted molar refractivity (Wildman–Crippen MR) is 223 cm³/mol. The summed E-state index contributed by atoms with van der Waals surface area (Å²) >= 11 is 0. The molecule has 0 aromatic heterocycles. The van der Waals surface area contributed by atoms with Crippen LogP contribution in [-0.4, -0.2) is 11.6 Å². The largest absolute Gasteiger partial charge is 0.289 e. The van der Waals surface area contributed by atoms with Gasteiger partial charge in [-0.1, -0.05) is 138 Å². The van der Waals surface area contributed by atoms with Crippen molar-refractivity contribution in [1.82, 2.24) is 0 Å². The van der Waals surface area contributed by atoms with Gasteiger partial charge in [-0.15, -0.1) is 0 Å². The van der Waals surface area contributed by atoms with E-state index in [0.717, 1.165) is 55.7 Å². The van der Waals surface area contributed by atoms with Crippen LogP contribution in [0.3, 0.4) is 0 Å². The van der Waals surface area contributed by atoms with Crippen molar-refractivity contribution in [3.63, 3.8) is 0 Å². The van der Waals surface area contributed by atoms with E-state index in [1.54, 1.807) is 12.4 Å². The van der Waals surface area contributed by atoms with Crippen LogP contribution < -0.4 is 0 Å². The van der Waals surface area contributed by atoms with E-state index in [-0.39, 0.29) is 33.2 Å². The van der Waals surface area contributed by atoms with E-state index in [9.17, 15) is 9.59 Å². The van der Waals surface area contributed by atoms with Crippen molar-refractivity contribution >= 4 is 22.9 Å². The molecule has 0 fully saturated rings. The van der Waals surface area contributed by atoms with Crippen molar-refractivity contribution in [2.75, 3.05) is 0 Å². The summed E-state index contributed by atoms with van der Waals surface area (Å²) in [5.74, 6) is 0.173. The predicted octanol–water partition coefficient (Wildman–Crippen LogP) is 14.0. The van der Waals surface area contributed by atoms with Crippen LogP contribution in [0, 0.1) is 21.7 Å². The smallest absolute Gasteiger partial charge is 0.186 e. The molecule has 3 aromatic carbocycles. The zero-order chi connectivity index (χ0) is 39.6. The number of benzene rings is 3. The summed E-state index contributed by atoms with van der Waals surface area (Å²) in [5, 5.41) is 18.4. The number of hydrogen-bond acceptors (Lipinski definition) is 6. The maximum Gasteiger partial charge on any atom is 0.186 e. The van der Waals surface area contributed by atoms with Crippen LogP contribution >= 0.6 is 0 Å². The molecule has 278 valence electrons. The molecule has 6 heteroatoms. The highest BCUT2D eigenvalue weighted by Gasteiger charge is 2.35. The normalized spacial score (nSPS) is 16.1. The average molecular weight is 719 g/mol. The summed E-state index contributed by atoms with van der Waals surface area (Å²) in [6.45, 7) is 24.7. The Bertz CT molecular complexity index is 2140. The highest BCUT2D eigenvalue weighted by Crippen LogP contribution is 2.41. The average Bonchev–Trinajstić information content (AvgIpc) is 3.08. The van der Waals surface area contributed by atoms with Crippen LogP contribution in [-0.2, 0) is 9.59 Å². The molecule has 2 aliphatic carbocycles. The number of rotatable bonds is 6. The van der Waals surface area contributed by atoms with Crippen molar-refractivity contribution in [3.05, 3.63) is 143 Å². The second-order valence-electron chi connectivity index (χ2n) is 18.2. The topological polar surface area (TPSA) is 83.6 Å². The Labute approximate surface area is 322 Å². The molecule has 5 rings (SSSR count). The minimum atomic E-state index is -0.318. The van der Waals surface area contributed by atoms with Crippen molar-refractivity contribution in [2.45, 2.75) is 83.1 Å². The number of carbonyl (C=O) groups excluding carboxylic acids is 2. The Morgan fingerprint density at radius 1 is 0.444 bits per heavy atom. The molecule has 3 aromatic rings. The molecule has 0 saturated heterocycles. The maximum atomic E-state index is 13.5. The minimum Gasteiger partial charge on any atom is -0.289 e. The van der Waals surface area contributed by atoms with Crippen molar-refractivity contribution in [2.24, 2.45) is 42.1 Å². The highest BCUT2D eigenvalue weighted by molar-refractivity contribution is 6.12. The van der Waals surface area contributed by atoms with E-state index in [2.05, 4.69) is 123 Å². The molecule has 0 bridgehead atoms. The Kier molecular flexibility index (Phi) is 11.2. The molecule has 54 heavy (non-hydrogen) atoms. The van der Waals surface area contributed by atoms with Crippen LogP contribution in [0.25, 0.3) is 22.3 Å². The summed E-state index contributed by atoms with van der Waals surface area (Å²) < 4.78 is 0. The Morgan fingerprint density at radius 3 is 1.35 bits per heavy atom. The van der Waals surface area contributed by atoms with E-state index in [4.69, 9.17) is 5.11 Å². The lowest BCUT2D eigenvalue weighted by Gasteiger charge is -2.31. The lowest BCUT2D eigenvalue weighted by molar-refractivity contribution is -0.114. The molecule has 0 radical (unpaired) electrons. The second-order valence-corrected chi connectivity index (χ2v) is 18.2. The zero-order valence-corrected chi connectivity index (χ0v) is 34.0. The van der Waals surface area contributed by atoms with Gasteiger partial charge < -0.3 is 0 Å². The first-order chi connectivity index (χ1) is 25.1. The van der Waals surface area contributed by atoms with Crippen LogP contribution in [0.1, 0.15) is 83.1 Å². The number of Topliss-reactive ketones (excluding diaryl/α,β-unsaturated/α-hetero) is 2. The number of nitrogens with zero attached hydrogens (tertiary/aromatic N) is 4. The van der Waals surface area contributed by atoms with Gasteiger partial charge in [0.15, 0.2) is 11.6 Å². The Morgan fingerprint density at radius 2 is 0.889 bits per heavy atom. The Hall–Kier alpha value is -5.36. The number of carbonyl (C=O) groups is 2. The quantitative estimate of drug-likeness (QED) is 0.238. The van der Waals surface area contributed by atoms with E-state index >= 15 is 0 Å². The summed E-state index contributed by atoms with van der Waals surface area (Å²) in [5.41, 5.74) is 8.78. The second kappa shape index (κ2) is 15.2. The van der Waals surface area contributed by atoms with Crippen LogP contribution in [0.4, 0.5) is 11.4 Å². The molecule has 0 heterocycles. The third-order valence-corrected chi connectivity index (χ3v) is 9.47. The fourth-order valence-corrected chi connectivity index (χ4v) is 6.40. The van der Waals surface area contributed by atoms with Gasteiger partial charge in [-0.3, -0.25) is 9.59 Å². The van der Waals surface area contributed by atoms with Gasteiger partial charge in [-0.05, 0) is 92.0 Å². The zero-order valence-electron chi connectivity index (χ0n) is 34.0. The van der Waals surface area contributed by atoms with Crippen LogP contribution in [0.5, 0.6) is 0 Å². The monoisotopic (exact) mass is 718 g/mol. The summed E-state index contributed by atoms with van der Waals surface area (Å²) in [6.07, 6.45) is 11.2.